The van der Waals surface area contributed by atoms with Crippen LogP contribution < -0.4 is 0 Å². The van der Waals surface area contributed by atoms with Crippen molar-refractivity contribution in [2.24, 2.45) is 16.2 Å². The topological polar surface area (TPSA) is 92.3 Å². The first kappa shape index (κ1) is 48.6. The summed E-state index contributed by atoms with van der Waals surface area (Å²) in [5.74, 6) is 0. The zero-order valence-electron chi connectivity index (χ0n) is 34.7. The molecular formula is C39H80O10. The molecule has 0 heterocycles. The van der Waals surface area contributed by atoms with E-state index in [1.807, 2.05) is 111 Å². The van der Waals surface area contributed by atoms with Gasteiger partial charge in [-0.3, -0.25) is 0 Å². The van der Waals surface area contributed by atoms with Crippen LogP contribution in [0.25, 0.3) is 0 Å². The van der Waals surface area contributed by atoms with Gasteiger partial charge in [0, 0.05) is 0 Å². The molecule has 0 rings (SSSR count). The molecule has 0 saturated heterocycles. The SMILES string of the molecule is CC(C)OCC(COCC(COC(C)C)(COC(C)C)COC(C)C)(COCC(COC(C)C)(COC(C)C)COC(C)C)COC(C)C. The maximum Gasteiger partial charge on any atom is 0.0638 e. The van der Waals surface area contributed by atoms with Gasteiger partial charge < -0.3 is 47.4 Å². The van der Waals surface area contributed by atoms with E-state index in [4.69, 9.17) is 47.4 Å². The van der Waals surface area contributed by atoms with Gasteiger partial charge in [0.25, 0.3) is 0 Å². The molecular weight excluding hydrogens is 628 g/mol. The molecule has 0 atom stereocenters. The van der Waals surface area contributed by atoms with E-state index in [0.29, 0.717) is 79.3 Å². The van der Waals surface area contributed by atoms with Crippen LogP contribution in [0.15, 0.2) is 0 Å². The van der Waals surface area contributed by atoms with Crippen molar-refractivity contribution in [2.75, 3.05) is 79.3 Å². The molecule has 0 unspecified atom stereocenters. The van der Waals surface area contributed by atoms with Crippen LogP contribution in [-0.4, -0.2) is 128 Å². The van der Waals surface area contributed by atoms with Crippen LogP contribution in [0.5, 0.6) is 0 Å². The van der Waals surface area contributed by atoms with Gasteiger partial charge in [0.2, 0.25) is 0 Å². The molecule has 49 heavy (non-hydrogen) atoms. The Morgan fingerprint density at radius 1 is 0.224 bits per heavy atom. The summed E-state index contributed by atoms with van der Waals surface area (Å²) in [5, 5.41) is 0. The predicted octanol–water partition coefficient (Wildman–Crippen LogP) is 7.38. The molecule has 0 spiro atoms. The van der Waals surface area contributed by atoms with Crippen molar-refractivity contribution in [3.63, 3.8) is 0 Å². The van der Waals surface area contributed by atoms with Gasteiger partial charge in [-0.05, 0) is 111 Å². The predicted molar refractivity (Wildman–Crippen MR) is 198 cm³/mol. The Bertz CT molecular complexity index is 655. The second kappa shape index (κ2) is 25.6. The zero-order valence-corrected chi connectivity index (χ0v) is 34.7. The van der Waals surface area contributed by atoms with Gasteiger partial charge in [0.15, 0.2) is 0 Å². The highest BCUT2D eigenvalue weighted by Gasteiger charge is 2.40. The van der Waals surface area contributed by atoms with Gasteiger partial charge in [-0.15, -0.1) is 0 Å². The van der Waals surface area contributed by atoms with Crippen molar-refractivity contribution in [1.29, 1.82) is 0 Å². The molecule has 0 aromatic carbocycles. The number of ether oxygens (including phenoxy) is 10. The average molecular weight is 709 g/mol. The Morgan fingerprint density at radius 2 is 0.347 bits per heavy atom. The molecule has 0 aromatic heterocycles. The van der Waals surface area contributed by atoms with Gasteiger partial charge in [0.1, 0.15) is 0 Å². The minimum Gasteiger partial charge on any atom is -0.380 e. The van der Waals surface area contributed by atoms with E-state index in [0.717, 1.165) is 0 Å². The van der Waals surface area contributed by atoms with E-state index in [1.165, 1.54) is 0 Å². The Hall–Kier alpha value is -0.400. The van der Waals surface area contributed by atoms with Crippen molar-refractivity contribution >= 4 is 0 Å². The lowest BCUT2D eigenvalue weighted by Crippen LogP contribution is -2.48. The van der Waals surface area contributed by atoms with Crippen molar-refractivity contribution in [3.05, 3.63) is 0 Å². The molecule has 10 heteroatoms. The Kier molecular flexibility index (Phi) is 25.3. The largest absolute Gasteiger partial charge is 0.380 e. The monoisotopic (exact) mass is 709 g/mol. The molecule has 0 amide bonds. The molecule has 0 saturated carbocycles. The summed E-state index contributed by atoms with van der Waals surface area (Å²) in [6.45, 7) is 37.6. The molecule has 0 aliphatic rings. The molecule has 0 aromatic rings. The number of rotatable bonds is 32. The lowest BCUT2D eigenvalue weighted by atomic mass is 9.89. The summed E-state index contributed by atoms with van der Waals surface area (Å²) in [6, 6.07) is 0. The van der Waals surface area contributed by atoms with Gasteiger partial charge in [-0.2, -0.15) is 0 Å². The first-order valence-electron chi connectivity index (χ1n) is 18.8. The van der Waals surface area contributed by atoms with Crippen LogP contribution in [0.2, 0.25) is 0 Å². The van der Waals surface area contributed by atoms with E-state index < -0.39 is 16.2 Å². The fourth-order valence-electron chi connectivity index (χ4n) is 4.47. The van der Waals surface area contributed by atoms with Crippen LogP contribution in [-0.2, 0) is 47.4 Å². The zero-order chi connectivity index (χ0) is 37.7. The fraction of sp³-hybridized carbons (Fsp3) is 1.00. The van der Waals surface area contributed by atoms with Gasteiger partial charge in [-0.25, -0.2) is 0 Å². The summed E-state index contributed by atoms with van der Waals surface area (Å²) in [7, 11) is 0. The highest BCUT2D eigenvalue weighted by atomic mass is 16.5. The Labute approximate surface area is 302 Å². The second-order valence-corrected chi connectivity index (χ2v) is 16.4. The first-order chi connectivity index (χ1) is 22.7. The average Bonchev–Trinajstić information content (AvgIpc) is 2.99. The maximum absolute atomic E-state index is 6.69. The van der Waals surface area contributed by atoms with E-state index in [-0.39, 0.29) is 48.8 Å². The summed E-state index contributed by atoms with van der Waals surface area (Å²) in [6.07, 6.45) is 0.394. The summed E-state index contributed by atoms with van der Waals surface area (Å²) in [5.41, 5.74) is -1.61. The van der Waals surface area contributed by atoms with Crippen molar-refractivity contribution < 1.29 is 47.4 Å². The highest BCUT2D eigenvalue weighted by molar-refractivity contribution is 4.86. The quantitative estimate of drug-likeness (QED) is 0.0705. The molecule has 0 aliphatic heterocycles. The highest BCUT2D eigenvalue weighted by Crippen LogP contribution is 2.29. The normalized spacial score (nSPS) is 13.7. The van der Waals surface area contributed by atoms with Gasteiger partial charge in [-0.1, -0.05) is 0 Å². The van der Waals surface area contributed by atoms with Gasteiger partial charge in [0.05, 0.1) is 144 Å². The third kappa shape index (κ3) is 24.5. The van der Waals surface area contributed by atoms with Crippen LogP contribution in [0, 0.1) is 16.2 Å². The molecule has 0 aliphatic carbocycles. The summed E-state index contributed by atoms with van der Waals surface area (Å²) >= 11 is 0. The molecule has 0 bridgehead atoms. The van der Waals surface area contributed by atoms with E-state index in [1.54, 1.807) is 0 Å². The molecule has 0 radical (unpaired) electrons. The van der Waals surface area contributed by atoms with E-state index in [2.05, 4.69) is 0 Å². The van der Waals surface area contributed by atoms with Crippen LogP contribution in [0.1, 0.15) is 111 Å². The Morgan fingerprint density at radius 3 is 0.469 bits per heavy atom. The molecule has 0 fully saturated rings. The summed E-state index contributed by atoms with van der Waals surface area (Å²) in [4.78, 5) is 0. The van der Waals surface area contributed by atoms with Crippen LogP contribution >= 0.6 is 0 Å². The van der Waals surface area contributed by atoms with Crippen molar-refractivity contribution in [1.82, 2.24) is 0 Å². The van der Waals surface area contributed by atoms with Crippen molar-refractivity contribution in [3.8, 4) is 0 Å². The lowest BCUT2D eigenvalue weighted by molar-refractivity contribution is -0.171. The van der Waals surface area contributed by atoms with E-state index in [9.17, 15) is 0 Å². The summed E-state index contributed by atoms with van der Waals surface area (Å²) < 4.78 is 63.1. The second-order valence-electron chi connectivity index (χ2n) is 16.4. The smallest absolute Gasteiger partial charge is 0.0638 e. The van der Waals surface area contributed by atoms with Crippen LogP contribution in [0.3, 0.4) is 0 Å². The minimum atomic E-state index is -0.598. The third-order valence-electron chi connectivity index (χ3n) is 7.42. The lowest BCUT2D eigenvalue weighted by Gasteiger charge is -2.39. The minimum absolute atomic E-state index is 0.0215. The fourth-order valence-corrected chi connectivity index (χ4v) is 4.47. The molecule has 10 nitrogen and oxygen atoms in total. The molecule has 296 valence electrons. The number of hydrogen-bond acceptors (Lipinski definition) is 10. The van der Waals surface area contributed by atoms with Crippen molar-refractivity contribution in [2.45, 2.75) is 160 Å². The molecule has 0 N–H and O–H groups in total. The van der Waals surface area contributed by atoms with E-state index >= 15 is 0 Å². The third-order valence-corrected chi connectivity index (χ3v) is 7.42. The standard InChI is InChI=1S/C39H80O10/c1-29(2)42-21-37(22-43-30(3)4,17-40-19-38(23-44-31(5)6,24-45-32(7)8)25-46-33(9)10)18-41-20-39(26-47-34(11)12,27-48-35(13)14)28-49-36(15)16/h29-36H,17-28H2,1-16H3. The van der Waals surface area contributed by atoms with Crippen LogP contribution in [0.4, 0.5) is 0 Å². The number of hydrogen-bond donors (Lipinski definition) is 0. The van der Waals surface area contributed by atoms with Gasteiger partial charge >= 0.3 is 0 Å². The first-order valence-corrected chi connectivity index (χ1v) is 18.8. The Balaban J connectivity index is 6.45. The maximum atomic E-state index is 6.69.